The molecule has 3 aromatic rings. The second-order valence-corrected chi connectivity index (χ2v) is 6.47. The smallest absolute Gasteiger partial charge is 0.257 e. The summed E-state index contributed by atoms with van der Waals surface area (Å²) in [5, 5.41) is 2.84. The van der Waals surface area contributed by atoms with Gasteiger partial charge in [-0.15, -0.1) is 0 Å². The molecule has 0 atom stereocenters. The highest BCUT2D eigenvalue weighted by Gasteiger charge is 2.17. The van der Waals surface area contributed by atoms with Crippen molar-refractivity contribution in [2.24, 2.45) is 0 Å². The number of nitrogens with zero attached hydrogens (tertiary/aromatic N) is 4. The zero-order valence-electron chi connectivity index (χ0n) is 15.8. The van der Waals surface area contributed by atoms with Crippen LogP contribution in [-0.4, -0.2) is 25.4 Å². The second kappa shape index (κ2) is 7.49. The van der Waals surface area contributed by atoms with E-state index in [9.17, 15) is 9.59 Å². The van der Waals surface area contributed by atoms with Gasteiger partial charge in [-0.05, 0) is 51.0 Å². The summed E-state index contributed by atoms with van der Waals surface area (Å²) in [7, 11) is 0. The molecule has 7 nitrogen and oxygen atoms in total. The summed E-state index contributed by atoms with van der Waals surface area (Å²) in [6.45, 7) is 7.29. The maximum absolute atomic E-state index is 12.8. The molecule has 0 bridgehead atoms. The Morgan fingerprint density at radius 2 is 1.89 bits per heavy atom. The van der Waals surface area contributed by atoms with Crippen molar-refractivity contribution in [2.75, 3.05) is 5.32 Å². The Balaban J connectivity index is 1.96. The first kappa shape index (κ1) is 18.4. The van der Waals surface area contributed by atoms with Crippen molar-refractivity contribution in [3.8, 4) is 11.5 Å². The molecule has 0 fully saturated rings. The number of benzene rings is 1. The van der Waals surface area contributed by atoms with Gasteiger partial charge in [-0.3, -0.25) is 19.1 Å². The van der Waals surface area contributed by atoms with Crippen LogP contribution in [0.3, 0.4) is 0 Å². The topological polar surface area (TPSA) is 89.8 Å². The number of carbonyl (C=O) groups is 1. The molecule has 7 heteroatoms. The van der Waals surface area contributed by atoms with Gasteiger partial charge in [-0.25, -0.2) is 9.97 Å². The Kier molecular flexibility index (Phi) is 5.12. The lowest BCUT2D eigenvalue weighted by Gasteiger charge is -2.14. The summed E-state index contributed by atoms with van der Waals surface area (Å²) < 4.78 is 1.34. The molecule has 0 saturated heterocycles. The fourth-order valence-corrected chi connectivity index (χ4v) is 2.68. The molecule has 0 radical (unpaired) electrons. The van der Waals surface area contributed by atoms with E-state index >= 15 is 0 Å². The Morgan fingerprint density at radius 3 is 2.56 bits per heavy atom. The molecule has 2 heterocycles. The maximum atomic E-state index is 12.8. The number of aromatic nitrogens is 4. The Labute approximate surface area is 157 Å². The van der Waals surface area contributed by atoms with Crippen molar-refractivity contribution < 1.29 is 4.79 Å². The normalized spacial score (nSPS) is 10.7. The highest BCUT2D eigenvalue weighted by molar-refractivity contribution is 5.91. The van der Waals surface area contributed by atoms with Gasteiger partial charge in [0.15, 0.2) is 5.82 Å². The molecule has 0 aliphatic rings. The molecule has 0 saturated carbocycles. The van der Waals surface area contributed by atoms with Crippen molar-refractivity contribution in [1.29, 1.82) is 0 Å². The van der Waals surface area contributed by atoms with E-state index in [-0.39, 0.29) is 18.0 Å². The largest absolute Gasteiger partial charge is 0.325 e. The second-order valence-electron chi connectivity index (χ2n) is 6.47. The number of rotatable bonds is 4. The first-order chi connectivity index (χ1) is 12.9. The highest BCUT2D eigenvalue weighted by atomic mass is 16.2. The molecular formula is C20H21N5O2. The van der Waals surface area contributed by atoms with E-state index in [4.69, 9.17) is 0 Å². The predicted molar refractivity (Wildman–Crippen MR) is 104 cm³/mol. The van der Waals surface area contributed by atoms with Gasteiger partial charge in [-0.1, -0.05) is 6.07 Å². The van der Waals surface area contributed by atoms with Crippen molar-refractivity contribution >= 4 is 11.6 Å². The number of hydrogen-bond donors (Lipinski definition) is 1. The number of aryl methyl sites for hydroxylation is 3. The molecule has 1 aromatic carbocycles. The van der Waals surface area contributed by atoms with Gasteiger partial charge in [0.25, 0.3) is 5.56 Å². The van der Waals surface area contributed by atoms with Gasteiger partial charge in [0.05, 0.1) is 6.20 Å². The van der Waals surface area contributed by atoms with Crippen LogP contribution < -0.4 is 10.9 Å². The fraction of sp³-hybridized carbons (Fsp3) is 0.250. The lowest BCUT2D eigenvalue weighted by Crippen LogP contribution is -2.32. The van der Waals surface area contributed by atoms with E-state index in [1.54, 1.807) is 20.0 Å². The SMILES string of the molecule is Cc1ccc(NC(=O)Cn2c(-c3cnccn3)nc(C)c(C)c2=O)cc1C. The predicted octanol–water partition coefficient (Wildman–Crippen LogP) is 2.57. The third-order valence-electron chi connectivity index (χ3n) is 4.52. The minimum Gasteiger partial charge on any atom is -0.325 e. The number of carbonyl (C=O) groups excluding carboxylic acids is 1. The highest BCUT2D eigenvalue weighted by Crippen LogP contribution is 2.16. The average Bonchev–Trinajstić information content (AvgIpc) is 2.65. The zero-order chi connectivity index (χ0) is 19.6. The van der Waals surface area contributed by atoms with E-state index in [0.717, 1.165) is 11.1 Å². The van der Waals surface area contributed by atoms with E-state index in [1.165, 1.54) is 17.0 Å². The molecule has 1 amide bonds. The Bertz CT molecular complexity index is 1060. The number of nitrogens with one attached hydrogen (secondary N) is 1. The molecule has 3 rings (SSSR count). The van der Waals surface area contributed by atoms with Gasteiger partial charge in [-0.2, -0.15) is 0 Å². The van der Waals surface area contributed by atoms with Gasteiger partial charge >= 0.3 is 0 Å². The number of hydrogen-bond acceptors (Lipinski definition) is 5. The minimum atomic E-state index is -0.310. The van der Waals surface area contributed by atoms with Crippen LogP contribution in [0.4, 0.5) is 5.69 Å². The van der Waals surface area contributed by atoms with Crippen LogP contribution >= 0.6 is 0 Å². The molecule has 138 valence electrons. The minimum absolute atomic E-state index is 0.161. The van der Waals surface area contributed by atoms with Crippen molar-refractivity contribution in [1.82, 2.24) is 19.5 Å². The summed E-state index contributed by atoms with van der Waals surface area (Å²) in [6, 6.07) is 5.68. The molecular weight excluding hydrogens is 342 g/mol. The lowest BCUT2D eigenvalue weighted by atomic mass is 10.1. The lowest BCUT2D eigenvalue weighted by molar-refractivity contribution is -0.116. The standard InChI is InChI=1S/C20H21N5O2/c1-12-5-6-16(9-13(12)2)24-18(26)11-25-19(17-10-21-7-8-22-17)23-15(4)14(3)20(25)27/h5-10H,11H2,1-4H3,(H,24,26). The van der Waals surface area contributed by atoms with Crippen LogP contribution in [0.2, 0.25) is 0 Å². The Morgan fingerprint density at radius 1 is 1.11 bits per heavy atom. The quantitative estimate of drug-likeness (QED) is 0.769. The Hall–Kier alpha value is -3.35. The van der Waals surface area contributed by atoms with E-state index in [0.29, 0.717) is 28.5 Å². The zero-order valence-corrected chi connectivity index (χ0v) is 15.8. The van der Waals surface area contributed by atoms with Crippen LogP contribution in [0, 0.1) is 27.7 Å². The van der Waals surface area contributed by atoms with Crippen LogP contribution in [0.1, 0.15) is 22.4 Å². The van der Waals surface area contributed by atoms with Crippen molar-refractivity contribution in [3.63, 3.8) is 0 Å². The van der Waals surface area contributed by atoms with Gasteiger partial charge in [0.1, 0.15) is 12.2 Å². The van der Waals surface area contributed by atoms with Crippen molar-refractivity contribution in [2.45, 2.75) is 34.2 Å². The van der Waals surface area contributed by atoms with Gasteiger partial charge < -0.3 is 5.32 Å². The number of amides is 1. The molecule has 0 aliphatic carbocycles. The monoisotopic (exact) mass is 363 g/mol. The first-order valence-corrected chi connectivity index (χ1v) is 8.58. The van der Waals surface area contributed by atoms with E-state index < -0.39 is 0 Å². The third kappa shape index (κ3) is 3.92. The first-order valence-electron chi connectivity index (χ1n) is 8.58. The molecule has 0 unspecified atom stereocenters. The van der Waals surface area contributed by atoms with Crippen LogP contribution in [0.25, 0.3) is 11.5 Å². The summed E-state index contributed by atoms with van der Waals surface area (Å²) in [6.07, 6.45) is 4.59. The van der Waals surface area contributed by atoms with Crippen LogP contribution in [0.5, 0.6) is 0 Å². The summed E-state index contributed by atoms with van der Waals surface area (Å²) >= 11 is 0. The average molecular weight is 363 g/mol. The van der Waals surface area contributed by atoms with Crippen LogP contribution in [-0.2, 0) is 11.3 Å². The molecule has 27 heavy (non-hydrogen) atoms. The van der Waals surface area contributed by atoms with Gasteiger partial charge in [0.2, 0.25) is 5.91 Å². The summed E-state index contributed by atoms with van der Waals surface area (Å²) in [5.41, 5.74) is 4.20. The van der Waals surface area contributed by atoms with Gasteiger partial charge in [0, 0.05) is 29.3 Å². The molecule has 0 spiro atoms. The molecule has 1 N–H and O–H groups in total. The molecule has 2 aromatic heterocycles. The fourth-order valence-electron chi connectivity index (χ4n) is 2.68. The summed E-state index contributed by atoms with van der Waals surface area (Å²) in [4.78, 5) is 38.1. The van der Waals surface area contributed by atoms with E-state index in [2.05, 4.69) is 20.3 Å². The van der Waals surface area contributed by atoms with E-state index in [1.807, 2.05) is 32.0 Å². The third-order valence-corrected chi connectivity index (χ3v) is 4.52. The van der Waals surface area contributed by atoms with Crippen LogP contribution in [0.15, 0.2) is 41.6 Å². The van der Waals surface area contributed by atoms with Crippen molar-refractivity contribution in [3.05, 3.63) is 69.5 Å². The molecule has 0 aliphatic heterocycles. The summed E-state index contributed by atoms with van der Waals surface area (Å²) in [5.74, 6) is 0.0157. The maximum Gasteiger partial charge on any atom is 0.257 e. The number of anilines is 1.